The van der Waals surface area contributed by atoms with E-state index in [-0.39, 0.29) is 23.8 Å². The van der Waals surface area contributed by atoms with Gasteiger partial charge in [0.25, 0.3) is 0 Å². The first-order valence-corrected chi connectivity index (χ1v) is 9.22. The summed E-state index contributed by atoms with van der Waals surface area (Å²) in [7, 11) is 0. The minimum atomic E-state index is -0.734. The Kier molecular flexibility index (Phi) is 5.56. The van der Waals surface area contributed by atoms with Crippen LogP contribution in [0.1, 0.15) is 37.4 Å². The number of hydrogen-bond donors (Lipinski definition) is 1. The zero-order chi connectivity index (χ0) is 17.1. The number of halogens is 1. The summed E-state index contributed by atoms with van der Waals surface area (Å²) in [4.78, 5) is 25.7. The van der Waals surface area contributed by atoms with E-state index in [2.05, 4.69) is 15.9 Å². The number of rotatable bonds is 3. The van der Waals surface area contributed by atoms with Crippen molar-refractivity contribution in [2.24, 2.45) is 11.8 Å². The van der Waals surface area contributed by atoms with Gasteiger partial charge < -0.3 is 14.7 Å². The fourth-order valence-corrected chi connectivity index (χ4v) is 3.84. The van der Waals surface area contributed by atoms with Crippen LogP contribution in [0.2, 0.25) is 0 Å². The van der Waals surface area contributed by atoms with E-state index in [4.69, 9.17) is 9.84 Å². The molecule has 0 bridgehead atoms. The number of aliphatic carboxylic acids is 1. The van der Waals surface area contributed by atoms with Crippen LogP contribution in [0, 0.1) is 11.8 Å². The largest absolute Gasteiger partial charge is 0.481 e. The molecule has 0 spiro atoms. The third kappa shape index (κ3) is 3.98. The van der Waals surface area contributed by atoms with Gasteiger partial charge in [0.15, 0.2) is 0 Å². The van der Waals surface area contributed by atoms with Gasteiger partial charge in [0.2, 0.25) is 5.91 Å². The maximum Gasteiger partial charge on any atom is 0.306 e. The number of ether oxygens (including phenoxy) is 1. The summed E-state index contributed by atoms with van der Waals surface area (Å²) >= 11 is 3.42. The highest BCUT2D eigenvalue weighted by atomic mass is 79.9. The molecule has 1 saturated heterocycles. The Hall–Kier alpha value is -1.40. The van der Waals surface area contributed by atoms with Crippen LogP contribution in [-0.2, 0) is 14.3 Å². The number of hydrogen-bond acceptors (Lipinski definition) is 3. The number of nitrogens with zero attached hydrogens (tertiary/aromatic N) is 1. The summed E-state index contributed by atoms with van der Waals surface area (Å²) in [5, 5.41) is 9.08. The van der Waals surface area contributed by atoms with Crippen molar-refractivity contribution in [3.05, 3.63) is 34.3 Å². The maximum atomic E-state index is 12.8. The average Bonchev–Trinajstić information content (AvgIpc) is 2.62. The van der Waals surface area contributed by atoms with Crippen molar-refractivity contribution in [2.45, 2.75) is 31.8 Å². The molecule has 1 N–H and O–H groups in total. The van der Waals surface area contributed by atoms with E-state index in [0.717, 1.165) is 10.0 Å². The molecule has 0 aromatic heterocycles. The molecule has 2 fully saturated rings. The van der Waals surface area contributed by atoms with Crippen LogP contribution in [0.15, 0.2) is 28.7 Å². The van der Waals surface area contributed by atoms with E-state index < -0.39 is 5.97 Å². The Bertz CT molecular complexity index is 596. The molecule has 1 aliphatic heterocycles. The lowest BCUT2D eigenvalue weighted by Crippen LogP contribution is -2.45. The van der Waals surface area contributed by atoms with Gasteiger partial charge in [0.1, 0.15) is 6.10 Å². The lowest BCUT2D eigenvalue weighted by molar-refractivity contribution is -0.148. The molecule has 1 heterocycles. The highest BCUT2D eigenvalue weighted by Crippen LogP contribution is 2.32. The summed E-state index contributed by atoms with van der Waals surface area (Å²) in [6.07, 6.45) is 2.47. The summed E-state index contributed by atoms with van der Waals surface area (Å²) in [6, 6.07) is 7.99. The Morgan fingerprint density at radius 2 is 1.71 bits per heavy atom. The lowest BCUT2D eigenvalue weighted by Gasteiger charge is -2.36. The number of carbonyl (C=O) groups excluding carboxylic acids is 1. The molecule has 5 nitrogen and oxygen atoms in total. The van der Waals surface area contributed by atoms with Gasteiger partial charge >= 0.3 is 5.97 Å². The van der Waals surface area contributed by atoms with E-state index >= 15 is 0 Å². The molecule has 1 aromatic rings. The van der Waals surface area contributed by atoms with Crippen LogP contribution in [0.25, 0.3) is 0 Å². The number of carbonyl (C=O) groups is 2. The molecule has 1 aromatic carbocycles. The summed E-state index contributed by atoms with van der Waals surface area (Å²) in [5.41, 5.74) is 1.07. The van der Waals surface area contributed by atoms with Gasteiger partial charge in [-0.1, -0.05) is 28.1 Å². The number of benzene rings is 1. The van der Waals surface area contributed by atoms with Crippen molar-refractivity contribution in [3.8, 4) is 0 Å². The number of carboxylic acid groups (broad SMARTS) is 1. The van der Waals surface area contributed by atoms with Gasteiger partial charge in [-0.25, -0.2) is 0 Å². The smallest absolute Gasteiger partial charge is 0.306 e. The monoisotopic (exact) mass is 395 g/mol. The van der Waals surface area contributed by atoms with E-state index in [1.165, 1.54) is 0 Å². The Morgan fingerprint density at radius 1 is 1.08 bits per heavy atom. The SMILES string of the molecule is O=C(O)C1CCC(C(=O)N2CCOC(c3ccc(Br)cc3)C2)CC1. The zero-order valence-electron chi connectivity index (χ0n) is 13.5. The van der Waals surface area contributed by atoms with E-state index in [9.17, 15) is 9.59 Å². The molecule has 1 atom stereocenters. The topological polar surface area (TPSA) is 66.8 Å². The fourth-order valence-electron chi connectivity index (χ4n) is 3.57. The Labute approximate surface area is 150 Å². The first kappa shape index (κ1) is 17.4. The molecule has 0 radical (unpaired) electrons. The van der Waals surface area contributed by atoms with E-state index in [1.807, 2.05) is 29.2 Å². The second-order valence-electron chi connectivity index (χ2n) is 6.58. The van der Waals surface area contributed by atoms with Crippen molar-refractivity contribution in [2.75, 3.05) is 19.7 Å². The average molecular weight is 396 g/mol. The highest BCUT2D eigenvalue weighted by Gasteiger charge is 2.34. The standard InChI is InChI=1S/C18H22BrNO4/c19-15-7-5-12(6-8-15)16-11-20(9-10-24-16)17(21)13-1-3-14(4-2-13)18(22)23/h5-8,13-14,16H,1-4,9-11H2,(H,22,23). The first-order valence-electron chi connectivity index (χ1n) is 8.43. The van der Waals surface area contributed by atoms with Crippen LogP contribution in [0.4, 0.5) is 0 Å². The first-order chi connectivity index (χ1) is 11.5. The predicted molar refractivity (Wildman–Crippen MR) is 92.5 cm³/mol. The van der Waals surface area contributed by atoms with Gasteiger partial charge in [0.05, 0.1) is 19.1 Å². The quantitative estimate of drug-likeness (QED) is 0.852. The highest BCUT2D eigenvalue weighted by molar-refractivity contribution is 9.10. The molecule has 24 heavy (non-hydrogen) atoms. The predicted octanol–water partition coefficient (Wildman–Crippen LogP) is 3.24. The number of carboxylic acids is 1. The van der Waals surface area contributed by atoms with Crippen LogP contribution in [-0.4, -0.2) is 41.6 Å². The third-order valence-electron chi connectivity index (χ3n) is 5.05. The zero-order valence-corrected chi connectivity index (χ0v) is 15.1. The van der Waals surface area contributed by atoms with Crippen molar-refractivity contribution in [3.63, 3.8) is 0 Å². The third-order valence-corrected chi connectivity index (χ3v) is 5.57. The lowest BCUT2D eigenvalue weighted by atomic mass is 9.81. The normalized spacial score (nSPS) is 27.7. The molecular formula is C18H22BrNO4. The van der Waals surface area contributed by atoms with Gasteiger partial charge in [-0.2, -0.15) is 0 Å². The van der Waals surface area contributed by atoms with Gasteiger partial charge in [-0.3, -0.25) is 9.59 Å². The molecule has 1 unspecified atom stereocenters. The van der Waals surface area contributed by atoms with Gasteiger partial charge in [-0.15, -0.1) is 0 Å². The molecule has 2 aliphatic rings. The molecule has 1 amide bonds. The van der Waals surface area contributed by atoms with Crippen molar-refractivity contribution >= 4 is 27.8 Å². The minimum absolute atomic E-state index is 0.0377. The summed E-state index contributed by atoms with van der Waals surface area (Å²) in [5.74, 6) is -0.898. The molecule has 1 saturated carbocycles. The van der Waals surface area contributed by atoms with E-state index in [1.54, 1.807) is 0 Å². The van der Waals surface area contributed by atoms with Gasteiger partial charge in [-0.05, 0) is 43.4 Å². The summed E-state index contributed by atoms with van der Waals surface area (Å²) < 4.78 is 6.85. The van der Waals surface area contributed by atoms with Crippen molar-refractivity contribution in [1.82, 2.24) is 4.90 Å². The molecule has 130 valence electrons. The van der Waals surface area contributed by atoms with Crippen LogP contribution in [0.5, 0.6) is 0 Å². The Balaban J connectivity index is 1.59. The molecular weight excluding hydrogens is 374 g/mol. The van der Waals surface area contributed by atoms with Gasteiger partial charge in [0, 0.05) is 16.9 Å². The van der Waals surface area contributed by atoms with E-state index in [0.29, 0.717) is 45.4 Å². The Morgan fingerprint density at radius 3 is 2.33 bits per heavy atom. The summed E-state index contributed by atoms with van der Waals surface area (Å²) in [6.45, 7) is 1.72. The number of morpholine rings is 1. The van der Waals surface area contributed by atoms with Crippen LogP contribution >= 0.6 is 15.9 Å². The molecule has 1 aliphatic carbocycles. The fraction of sp³-hybridized carbons (Fsp3) is 0.556. The second kappa shape index (κ2) is 7.66. The molecule has 6 heteroatoms. The van der Waals surface area contributed by atoms with Crippen molar-refractivity contribution in [1.29, 1.82) is 0 Å². The minimum Gasteiger partial charge on any atom is -0.481 e. The molecule has 3 rings (SSSR count). The van der Waals surface area contributed by atoms with Crippen molar-refractivity contribution < 1.29 is 19.4 Å². The maximum absolute atomic E-state index is 12.8. The number of amides is 1. The van der Waals surface area contributed by atoms with Crippen LogP contribution in [0.3, 0.4) is 0 Å². The van der Waals surface area contributed by atoms with Crippen LogP contribution < -0.4 is 0 Å². The second-order valence-corrected chi connectivity index (χ2v) is 7.50.